The number of para-hydroxylation sites is 1. The van der Waals surface area contributed by atoms with Crippen LogP contribution >= 0.6 is 0 Å². The van der Waals surface area contributed by atoms with Gasteiger partial charge in [-0.15, -0.1) is 0 Å². The van der Waals surface area contributed by atoms with Crippen molar-refractivity contribution >= 4 is 0 Å². The summed E-state index contributed by atoms with van der Waals surface area (Å²) < 4.78 is 2.00. The zero-order valence-electron chi connectivity index (χ0n) is 17.8. The van der Waals surface area contributed by atoms with Crippen LogP contribution < -0.4 is 5.56 Å². The lowest BCUT2D eigenvalue weighted by Gasteiger charge is -2.27. The Balaban J connectivity index is 1.38. The minimum absolute atomic E-state index is 0.0409. The van der Waals surface area contributed by atoms with E-state index in [0.29, 0.717) is 12.4 Å². The van der Waals surface area contributed by atoms with Crippen LogP contribution in [0.25, 0.3) is 17.1 Å². The van der Waals surface area contributed by atoms with Gasteiger partial charge in [-0.1, -0.05) is 48.5 Å². The van der Waals surface area contributed by atoms with Crippen molar-refractivity contribution in [1.82, 2.24) is 24.6 Å². The van der Waals surface area contributed by atoms with Crippen LogP contribution in [0.1, 0.15) is 28.1 Å². The van der Waals surface area contributed by atoms with E-state index in [-0.39, 0.29) is 5.56 Å². The lowest BCUT2D eigenvalue weighted by atomic mass is 10.1. The molecule has 2 aromatic carbocycles. The second kappa shape index (κ2) is 7.96. The van der Waals surface area contributed by atoms with Gasteiger partial charge < -0.3 is 4.98 Å². The van der Waals surface area contributed by atoms with Crippen molar-refractivity contribution in [3.8, 4) is 17.1 Å². The summed E-state index contributed by atoms with van der Waals surface area (Å²) in [4.78, 5) is 22.8. The van der Waals surface area contributed by atoms with Gasteiger partial charge in [0.25, 0.3) is 5.56 Å². The fourth-order valence-electron chi connectivity index (χ4n) is 4.23. The number of rotatable bonds is 4. The third-order valence-corrected chi connectivity index (χ3v) is 6.04. The minimum Gasteiger partial charge on any atom is -0.306 e. The molecule has 156 valence electrons. The molecule has 6 heteroatoms. The van der Waals surface area contributed by atoms with E-state index in [4.69, 9.17) is 4.98 Å². The lowest BCUT2D eigenvalue weighted by Crippen LogP contribution is -2.35. The van der Waals surface area contributed by atoms with Crippen LogP contribution in [-0.4, -0.2) is 31.2 Å². The molecule has 6 nitrogen and oxygen atoms in total. The van der Waals surface area contributed by atoms with E-state index in [1.807, 2.05) is 53.3 Å². The molecule has 1 aliphatic heterocycles. The van der Waals surface area contributed by atoms with E-state index >= 15 is 0 Å². The first-order valence-electron chi connectivity index (χ1n) is 10.6. The normalized spacial score (nSPS) is 13.9. The van der Waals surface area contributed by atoms with Gasteiger partial charge in [-0.05, 0) is 25.5 Å². The van der Waals surface area contributed by atoms with E-state index < -0.39 is 0 Å². The summed E-state index contributed by atoms with van der Waals surface area (Å²) >= 11 is 0. The molecule has 0 unspecified atom stereocenters. The Kier molecular flexibility index (Phi) is 5.00. The fraction of sp³-hybridized carbons (Fsp3) is 0.240. The molecule has 2 aromatic heterocycles. The van der Waals surface area contributed by atoms with Crippen molar-refractivity contribution in [2.75, 3.05) is 6.54 Å². The number of hydrogen-bond acceptors (Lipinski definition) is 4. The summed E-state index contributed by atoms with van der Waals surface area (Å²) in [5, 5.41) is 4.63. The predicted octanol–water partition coefficient (Wildman–Crippen LogP) is 3.80. The third kappa shape index (κ3) is 3.70. The van der Waals surface area contributed by atoms with E-state index in [1.54, 1.807) is 0 Å². The quantitative estimate of drug-likeness (QED) is 0.555. The summed E-state index contributed by atoms with van der Waals surface area (Å²) in [6.45, 7) is 6.43. The fourth-order valence-corrected chi connectivity index (χ4v) is 4.23. The highest BCUT2D eigenvalue weighted by molar-refractivity contribution is 5.54. The van der Waals surface area contributed by atoms with Crippen molar-refractivity contribution in [2.45, 2.75) is 33.4 Å². The Bertz CT molecular complexity index is 1290. The van der Waals surface area contributed by atoms with Crippen LogP contribution in [0.3, 0.4) is 0 Å². The summed E-state index contributed by atoms with van der Waals surface area (Å²) in [5.41, 5.74) is 7.18. The number of benzene rings is 2. The summed E-state index contributed by atoms with van der Waals surface area (Å²) in [7, 11) is 0. The smallest absolute Gasteiger partial charge is 0.255 e. The molecule has 0 amide bonds. The van der Waals surface area contributed by atoms with Gasteiger partial charge in [0, 0.05) is 42.9 Å². The molecule has 4 aromatic rings. The van der Waals surface area contributed by atoms with Crippen LogP contribution in [-0.2, 0) is 19.5 Å². The summed E-state index contributed by atoms with van der Waals surface area (Å²) in [6.07, 6.45) is 2.71. The van der Waals surface area contributed by atoms with Gasteiger partial charge in [-0.2, -0.15) is 5.10 Å². The largest absolute Gasteiger partial charge is 0.306 e. The molecular formula is C25H25N5O. The summed E-state index contributed by atoms with van der Waals surface area (Å²) in [5.74, 6) is 0.646. The SMILES string of the molecule is Cc1ccccc1-n1ncc(CN2CCc3nc(-c4ccccc4)[nH]c(=O)c3C2)c1C. The van der Waals surface area contributed by atoms with Gasteiger partial charge in [-0.3, -0.25) is 9.69 Å². The van der Waals surface area contributed by atoms with Gasteiger partial charge in [-0.25, -0.2) is 9.67 Å². The van der Waals surface area contributed by atoms with Crippen molar-refractivity contribution in [2.24, 2.45) is 0 Å². The number of fused-ring (bicyclic) bond motifs is 1. The Labute approximate surface area is 181 Å². The number of aromatic nitrogens is 4. The number of nitrogens with zero attached hydrogens (tertiary/aromatic N) is 4. The topological polar surface area (TPSA) is 66.8 Å². The Morgan fingerprint density at radius 3 is 2.61 bits per heavy atom. The highest BCUT2D eigenvalue weighted by Crippen LogP contribution is 2.22. The molecular weight excluding hydrogens is 386 g/mol. The highest BCUT2D eigenvalue weighted by atomic mass is 16.1. The maximum Gasteiger partial charge on any atom is 0.255 e. The lowest BCUT2D eigenvalue weighted by molar-refractivity contribution is 0.241. The maximum atomic E-state index is 12.8. The first kappa shape index (κ1) is 19.5. The molecule has 3 heterocycles. The molecule has 1 N–H and O–H groups in total. The zero-order valence-corrected chi connectivity index (χ0v) is 17.8. The van der Waals surface area contributed by atoms with Crippen LogP contribution in [0.5, 0.6) is 0 Å². The molecule has 0 spiro atoms. The van der Waals surface area contributed by atoms with E-state index in [9.17, 15) is 4.79 Å². The second-order valence-corrected chi connectivity index (χ2v) is 8.12. The first-order chi connectivity index (χ1) is 15.1. The standard InChI is InChI=1S/C25H25N5O/c1-17-8-6-7-11-23(17)30-18(2)20(14-26-30)15-29-13-12-22-21(16-29)25(31)28-24(27-22)19-9-4-3-5-10-19/h3-11,14H,12-13,15-16H2,1-2H3,(H,27,28,31). The van der Waals surface area contributed by atoms with Gasteiger partial charge in [0.05, 0.1) is 23.1 Å². The highest BCUT2D eigenvalue weighted by Gasteiger charge is 2.23. The molecule has 0 atom stereocenters. The average molecular weight is 412 g/mol. The Hall–Kier alpha value is -3.51. The number of aryl methyl sites for hydroxylation is 1. The second-order valence-electron chi connectivity index (χ2n) is 8.12. The van der Waals surface area contributed by atoms with Crippen molar-refractivity contribution < 1.29 is 0 Å². The van der Waals surface area contributed by atoms with E-state index in [0.717, 1.165) is 47.7 Å². The summed E-state index contributed by atoms with van der Waals surface area (Å²) in [6, 6.07) is 18.1. The van der Waals surface area contributed by atoms with Gasteiger partial charge >= 0.3 is 0 Å². The van der Waals surface area contributed by atoms with E-state index in [2.05, 4.69) is 41.0 Å². The predicted molar refractivity (Wildman–Crippen MR) is 121 cm³/mol. The van der Waals surface area contributed by atoms with Crippen molar-refractivity contribution in [3.05, 3.63) is 99.2 Å². The number of hydrogen-bond donors (Lipinski definition) is 1. The minimum atomic E-state index is -0.0409. The molecule has 31 heavy (non-hydrogen) atoms. The average Bonchev–Trinajstić information content (AvgIpc) is 3.15. The van der Waals surface area contributed by atoms with Gasteiger partial charge in [0.2, 0.25) is 0 Å². The maximum absolute atomic E-state index is 12.8. The van der Waals surface area contributed by atoms with Crippen LogP contribution in [0.2, 0.25) is 0 Å². The monoisotopic (exact) mass is 411 g/mol. The van der Waals surface area contributed by atoms with Gasteiger partial charge in [0.15, 0.2) is 0 Å². The number of nitrogens with one attached hydrogen (secondary N) is 1. The molecule has 5 rings (SSSR count). The molecule has 1 aliphatic rings. The Morgan fingerprint density at radius 1 is 1.03 bits per heavy atom. The first-order valence-corrected chi connectivity index (χ1v) is 10.6. The van der Waals surface area contributed by atoms with Crippen molar-refractivity contribution in [1.29, 1.82) is 0 Å². The van der Waals surface area contributed by atoms with Crippen LogP contribution in [0, 0.1) is 13.8 Å². The molecule has 0 saturated heterocycles. The third-order valence-electron chi connectivity index (χ3n) is 6.04. The number of aromatic amines is 1. The number of H-pyrrole nitrogens is 1. The zero-order chi connectivity index (χ0) is 21.4. The van der Waals surface area contributed by atoms with E-state index in [1.165, 1.54) is 11.1 Å². The van der Waals surface area contributed by atoms with Crippen molar-refractivity contribution in [3.63, 3.8) is 0 Å². The molecule has 0 aliphatic carbocycles. The van der Waals surface area contributed by atoms with Crippen LogP contribution in [0.15, 0.2) is 65.6 Å². The molecule has 0 saturated carbocycles. The molecule has 0 radical (unpaired) electrons. The molecule has 0 bridgehead atoms. The molecule has 0 fully saturated rings. The Morgan fingerprint density at radius 2 is 1.81 bits per heavy atom. The van der Waals surface area contributed by atoms with Crippen LogP contribution in [0.4, 0.5) is 0 Å². The van der Waals surface area contributed by atoms with Gasteiger partial charge in [0.1, 0.15) is 5.82 Å².